The Morgan fingerprint density at radius 1 is 1.16 bits per heavy atom. The number of rotatable bonds is 5. The number of piperazine rings is 1. The third kappa shape index (κ3) is 4.50. The topological polar surface area (TPSA) is 124 Å². The van der Waals surface area contributed by atoms with Gasteiger partial charge in [0.25, 0.3) is 17.4 Å². The second kappa shape index (κ2) is 8.96. The van der Waals surface area contributed by atoms with Gasteiger partial charge in [-0.05, 0) is 26.7 Å². The highest BCUT2D eigenvalue weighted by atomic mass is 16.5. The first-order valence-corrected chi connectivity index (χ1v) is 10.5. The van der Waals surface area contributed by atoms with Gasteiger partial charge in [0, 0.05) is 51.9 Å². The molecule has 2 amide bonds. The third-order valence-electron chi connectivity index (χ3n) is 5.70. The van der Waals surface area contributed by atoms with Gasteiger partial charge in [0.1, 0.15) is 17.5 Å². The molecule has 2 aliphatic heterocycles. The molecule has 0 N–H and O–H groups in total. The molecule has 166 valence electrons. The van der Waals surface area contributed by atoms with Gasteiger partial charge in [-0.25, -0.2) is 4.98 Å². The van der Waals surface area contributed by atoms with Crippen molar-refractivity contribution in [2.24, 2.45) is 0 Å². The summed E-state index contributed by atoms with van der Waals surface area (Å²) < 4.78 is 12.0. The lowest BCUT2D eigenvalue weighted by Gasteiger charge is -2.35. The Morgan fingerprint density at radius 3 is 2.55 bits per heavy atom. The molecule has 0 aliphatic carbocycles. The van der Waals surface area contributed by atoms with Gasteiger partial charge < -0.3 is 19.1 Å². The van der Waals surface area contributed by atoms with Gasteiger partial charge in [-0.15, -0.1) is 0 Å². The highest BCUT2D eigenvalue weighted by Gasteiger charge is 2.31. The van der Waals surface area contributed by atoms with Gasteiger partial charge in [-0.1, -0.05) is 5.16 Å². The second-order valence-corrected chi connectivity index (χ2v) is 7.78. The fourth-order valence-corrected chi connectivity index (χ4v) is 3.91. The van der Waals surface area contributed by atoms with Gasteiger partial charge in [-0.3, -0.25) is 19.0 Å². The first kappa shape index (κ1) is 21.2. The molecule has 0 radical (unpaired) electrons. The lowest BCUT2D eigenvalue weighted by atomic mass is 10.2. The first-order valence-electron chi connectivity index (χ1n) is 10.5. The normalized spacial score (nSPS) is 19.1. The molecule has 1 atom stereocenters. The van der Waals surface area contributed by atoms with Gasteiger partial charge in [0.2, 0.25) is 5.91 Å². The minimum Gasteiger partial charge on any atom is -0.368 e. The van der Waals surface area contributed by atoms with Crippen LogP contribution in [0.5, 0.6) is 0 Å². The molecule has 2 saturated heterocycles. The number of amides is 2. The Bertz CT molecular complexity index is 1020. The summed E-state index contributed by atoms with van der Waals surface area (Å²) in [5.41, 5.74) is -0.115. The van der Waals surface area contributed by atoms with Crippen LogP contribution in [0, 0.1) is 13.8 Å². The number of hydrogen-bond acceptors (Lipinski definition) is 8. The number of aromatic nitrogens is 4. The van der Waals surface area contributed by atoms with E-state index in [1.54, 1.807) is 23.6 Å². The zero-order valence-corrected chi connectivity index (χ0v) is 17.7. The van der Waals surface area contributed by atoms with Crippen LogP contribution in [0.4, 0.5) is 0 Å². The smallest absolute Gasteiger partial charge is 0.266 e. The standard InChI is InChI=1S/C20H26N6O5/c1-13-22-18(31-23-13)15-12-21-14(2)26(19(15)28)6-5-17(27)24-7-9-25(10-8-24)20(29)16-4-3-11-30-16/h12,16H,3-11H2,1-2H3. The number of carbonyl (C=O) groups excluding carboxylic acids is 2. The SMILES string of the molecule is Cc1noc(-c2cnc(C)n(CCC(=O)N3CCN(C(=O)C4CCCO4)CC3)c2=O)n1. The predicted octanol–water partition coefficient (Wildman–Crippen LogP) is 0.150. The van der Waals surface area contributed by atoms with Crippen molar-refractivity contribution in [1.82, 2.24) is 29.5 Å². The van der Waals surface area contributed by atoms with Crippen molar-refractivity contribution in [3.8, 4) is 11.5 Å². The fraction of sp³-hybridized carbons (Fsp3) is 0.600. The van der Waals surface area contributed by atoms with E-state index in [-0.39, 0.29) is 47.9 Å². The maximum absolute atomic E-state index is 12.8. The zero-order valence-electron chi connectivity index (χ0n) is 17.7. The Kier molecular flexibility index (Phi) is 6.12. The van der Waals surface area contributed by atoms with E-state index in [0.29, 0.717) is 44.4 Å². The summed E-state index contributed by atoms with van der Waals surface area (Å²) in [5.74, 6) is 1.00. The molecule has 2 aliphatic rings. The van der Waals surface area contributed by atoms with Crippen molar-refractivity contribution in [3.05, 3.63) is 28.2 Å². The molecule has 2 aromatic rings. The minimum absolute atomic E-state index is 0.0194. The van der Waals surface area contributed by atoms with Crippen molar-refractivity contribution < 1.29 is 18.8 Å². The molecule has 31 heavy (non-hydrogen) atoms. The number of carbonyl (C=O) groups is 2. The number of ether oxygens (including phenoxy) is 1. The Labute approximate surface area is 179 Å². The molecular formula is C20H26N6O5. The molecule has 0 saturated carbocycles. The monoisotopic (exact) mass is 430 g/mol. The van der Waals surface area contributed by atoms with Crippen LogP contribution in [0.1, 0.15) is 30.9 Å². The van der Waals surface area contributed by atoms with Crippen LogP contribution in [0.3, 0.4) is 0 Å². The highest BCUT2D eigenvalue weighted by molar-refractivity contribution is 5.82. The van der Waals surface area contributed by atoms with Crippen molar-refractivity contribution >= 4 is 11.8 Å². The van der Waals surface area contributed by atoms with Crippen LogP contribution in [-0.4, -0.2) is 80.2 Å². The molecular weight excluding hydrogens is 404 g/mol. The van der Waals surface area contributed by atoms with Crippen LogP contribution in [0.15, 0.2) is 15.5 Å². The number of hydrogen-bond donors (Lipinski definition) is 0. The molecule has 2 fully saturated rings. The summed E-state index contributed by atoms with van der Waals surface area (Å²) in [6.45, 7) is 6.16. The van der Waals surface area contributed by atoms with Crippen molar-refractivity contribution in [1.29, 1.82) is 0 Å². The van der Waals surface area contributed by atoms with Gasteiger partial charge in [-0.2, -0.15) is 4.98 Å². The largest absolute Gasteiger partial charge is 0.368 e. The average Bonchev–Trinajstić information content (AvgIpc) is 3.45. The van der Waals surface area contributed by atoms with Crippen molar-refractivity contribution in [2.75, 3.05) is 32.8 Å². The quantitative estimate of drug-likeness (QED) is 0.657. The van der Waals surface area contributed by atoms with Crippen LogP contribution in [0.25, 0.3) is 11.5 Å². The summed E-state index contributed by atoms with van der Waals surface area (Å²) in [7, 11) is 0. The second-order valence-electron chi connectivity index (χ2n) is 7.78. The molecule has 11 nitrogen and oxygen atoms in total. The molecule has 2 aromatic heterocycles. The highest BCUT2D eigenvalue weighted by Crippen LogP contribution is 2.16. The molecule has 0 spiro atoms. The summed E-state index contributed by atoms with van der Waals surface area (Å²) in [6.07, 6.45) is 2.92. The molecule has 11 heteroatoms. The van der Waals surface area contributed by atoms with Gasteiger partial charge in [0.15, 0.2) is 5.82 Å². The van der Waals surface area contributed by atoms with Crippen LogP contribution >= 0.6 is 0 Å². The predicted molar refractivity (Wildman–Crippen MR) is 108 cm³/mol. The maximum atomic E-state index is 12.8. The summed E-state index contributed by atoms with van der Waals surface area (Å²) in [4.78, 5) is 49.8. The number of nitrogens with zero attached hydrogens (tertiary/aromatic N) is 6. The average molecular weight is 430 g/mol. The minimum atomic E-state index is -0.334. The molecule has 0 aromatic carbocycles. The Morgan fingerprint density at radius 2 is 1.90 bits per heavy atom. The molecule has 0 bridgehead atoms. The Hall–Kier alpha value is -3.08. The fourth-order valence-electron chi connectivity index (χ4n) is 3.91. The van der Waals surface area contributed by atoms with E-state index in [0.717, 1.165) is 12.8 Å². The van der Waals surface area contributed by atoms with Crippen LogP contribution in [-0.2, 0) is 20.9 Å². The zero-order chi connectivity index (χ0) is 22.0. The Balaban J connectivity index is 1.35. The number of aryl methyl sites for hydroxylation is 2. The first-order chi connectivity index (χ1) is 14.9. The van der Waals surface area contributed by atoms with E-state index in [2.05, 4.69) is 15.1 Å². The van der Waals surface area contributed by atoms with Gasteiger partial charge >= 0.3 is 0 Å². The van der Waals surface area contributed by atoms with E-state index in [9.17, 15) is 14.4 Å². The molecule has 4 heterocycles. The van der Waals surface area contributed by atoms with Crippen molar-refractivity contribution in [3.63, 3.8) is 0 Å². The summed E-state index contributed by atoms with van der Waals surface area (Å²) in [6, 6.07) is 0. The lowest BCUT2D eigenvalue weighted by Crippen LogP contribution is -2.53. The van der Waals surface area contributed by atoms with Gasteiger partial charge in [0.05, 0.1) is 0 Å². The molecule has 4 rings (SSSR count). The van der Waals surface area contributed by atoms with E-state index in [4.69, 9.17) is 9.26 Å². The van der Waals surface area contributed by atoms with Crippen LogP contribution in [0.2, 0.25) is 0 Å². The van der Waals surface area contributed by atoms with E-state index in [1.165, 1.54) is 10.8 Å². The molecule has 1 unspecified atom stereocenters. The maximum Gasteiger partial charge on any atom is 0.266 e. The third-order valence-corrected chi connectivity index (χ3v) is 5.70. The van der Waals surface area contributed by atoms with E-state index >= 15 is 0 Å². The van der Waals surface area contributed by atoms with Crippen LogP contribution < -0.4 is 5.56 Å². The van der Waals surface area contributed by atoms with E-state index in [1.807, 2.05) is 0 Å². The lowest BCUT2D eigenvalue weighted by molar-refractivity contribution is -0.146. The summed E-state index contributed by atoms with van der Waals surface area (Å²) >= 11 is 0. The van der Waals surface area contributed by atoms with Crippen molar-refractivity contribution in [2.45, 2.75) is 45.8 Å². The van der Waals surface area contributed by atoms with E-state index < -0.39 is 0 Å². The summed E-state index contributed by atoms with van der Waals surface area (Å²) in [5, 5.41) is 3.71.